The van der Waals surface area contributed by atoms with Gasteiger partial charge in [-0.05, 0) is 51.5 Å². The number of hydrogen-bond donors (Lipinski definition) is 1. The normalized spacial score (nSPS) is 12.9. The molecule has 124 valence electrons. The molecule has 1 N–H and O–H groups in total. The molecule has 0 aliphatic rings. The Kier molecular flexibility index (Phi) is 5.86. The molecule has 1 amide bonds. The summed E-state index contributed by atoms with van der Waals surface area (Å²) in [5, 5.41) is 4.61. The zero-order valence-electron chi connectivity index (χ0n) is 12.3. The molecular formula is C16H15BrF3NOS. The lowest BCUT2D eigenvalue weighted by molar-refractivity contribution is -0.137. The highest BCUT2D eigenvalue weighted by Crippen LogP contribution is 2.32. The summed E-state index contributed by atoms with van der Waals surface area (Å²) in [4.78, 5) is 12.8. The first-order chi connectivity index (χ1) is 10.8. The average molecular weight is 406 g/mol. The Morgan fingerprint density at radius 3 is 2.65 bits per heavy atom. The second-order valence-corrected chi connectivity index (χ2v) is 6.81. The number of nitrogens with one attached hydrogen (secondary N) is 1. The number of halogens is 4. The molecule has 0 fully saturated rings. The number of alkyl halides is 3. The van der Waals surface area contributed by atoms with Gasteiger partial charge in [0.1, 0.15) is 4.88 Å². The molecular weight excluding hydrogens is 391 g/mol. The molecule has 0 radical (unpaired) electrons. The lowest BCUT2D eigenvalue weighted by Crippen LogP contribution is -2.28. The van der Waals surface area contributed by atoms with Crippen LogP contribution in [0.25, 0.3) is 0 Å². The molecule has 1 aromatic carbocycles. The van der Waals surface area contributed by atoms with Crippen molar-refractivity contribution in [2.24, 2.45) is 0 Å². The molecule has 1 aromatic heterocycles. The summed E-state index contributed by atoms with van der Waals surface area (Å²) >= 11 is 4.57. The molecule has 7 heteroatoms. The van der Waals surface area contributed by atoms with Crippen molar-refractivity contribution in [1.29, 1.82) is 0 Å². The fourth-order valence-electron chi connectivity index (χ4n) is 2.22. The van der Waals surface area contributed by atoms with Gasteiger partial charge in [0.05, 0.1) is 11.6 Å². The zero-order chi connectivity index (χ0) is 17.0. The van der Waals surface area contributed by atoms with Crippen molar-refractivity contribution in [3.8, 4) is 0 Å². The van der Waals surface area contributed by atoms with Crippen molar-refractivity contribution in [3.63, 3.8) is 0 Å². The average Bonchev–Trinajstić information content (AvgIpc) is 2.92. The molecule has 2 rings (SSSR count). The quantitative estimate of drug-likeness (QED) is 0.668. The van der Waals surface area contributed by atoms with Gasteiger partial charge in [-0.15, -0.1) is 11.3 Å². The monoisotopic (exact) mass is 405 g/mol. The number of rotatable bonds is 5. The van der Waals surface area contributed by atoms with Crippen molar-refractivity contribution < 1.29 is 18.0 Å². The topological polar surface area (TPSA) is 29.1 Å². The molecule has 23 heavy (non-hydrogen) atoms. The first-order valence-electron chi connectivity index (χ1n) is 7.04. The highest BCUT2D eigenvalue weighted by atomic mass is 79.9. The molecule has 0 saturated carbocycles. The van der Waals surface area contributed by atoms with E-state index >= 15 is 0 Å². The summed E-state index contributed by atoms with van der Waals surface area (Å²) in [6.07, 6.45) is -3.09. The van der Waals surface area contributed by atoms with Crippen LogP contribution >= 0.6 is 27.3 Å². The van der Waals surface area contributed by atoms with Gasteiger partial charge in [-0.2, -0.15) is 13.2 Å². The molecule has 0 spiro atoms. The van der Waals surface area contributed by atoms with Crippen LogP contribution in [0.15, 0.2) is 40.2 Å². The van der Waals surface area contributed by atoms with Crippen LogP contribution in [-0.2, 0) is 6.18 Å². The van der Waals surface area contributed by atoms with E-state index in [1.54, 1.807) is 17.5 Å². The Morgan fingerprint density at radius 1 is 1.35 bits per heavy atom. The van der Waals surface area contributed by atoms with E-state index in [-0.39, 0.29) is 5.91 Å². The Labute approximate surface area is 144 Å². The molecule has 0 bridgehead atoms. The molecule has 0 saturated heterocycles. The van der Waals surface area contributed by atoms with E-state index in [1.165, 1.54) is 17.4 Å². The van der Waals surface area contributed by atoms with Crippen molar-refractivity contribution in [1.82, 2.24) is 5.32 Å². The highest BCUT2D eigenvalue weighted by Gasteiger charge is 2.31. The van der Waals surface area contributed by atoms with E-state index < -0.39 is 17.8 Å². The van der Waals surface area contributed by atoms with Gasteiger partial charge in [0.25, 0.3) is 5.91 Å². The van der Waals surface area contributed by atoms with Gasteiger partial charge in [-0.3, -0.25) is 4.79 Å². The van der Waals surface area contributed by atoms with Gasteiger partial charge < -0.3 is 5.32 Å². The van der Waals surface area contributed by atoms with Gasteiger partial charge in [-0.1, -0.05) is 25.5 Å². The maximum absolute atomic E-state index is 12.9. The number of amides is 1. The third-order valence-corrected chi connectivity index (χ3v) is 5.16. The number of thiophene rings is 1. The summed E-state index contributed by atoms with van der Waals surface area (Å²) in [7, 11) is 0. The molecule has 1 heterocycles. The lowest BCUT2D eigenvalue weighted by Gasteiger charge is -2.19. The predicted octanol–water partition coefficient (Wildman–Crippen LogP) is 5.80. The van der Waals surface area contributed by atoms with Crippen LogP contribution in [0.2, 0.25) is 0 Å². The molecule has 0 aliphatic carbocycles. The van der Waals surface area contributed by atoms with Crippen LogP contribution in [-0.4, -0.2) is 5.91 Å². The maximum Gasteiger partial charge on any atom is 0.416 e. The summed E-state index contributed by atoms with van der Waals surface area (Å²) in [5.41, 5.74) is -0.245. The number of carbonyl (C=O) groups is 1. The van der Waals surface area contributed by atoms with E-state index in [0.29, 0.717) is 21.3 Å². The van der Waals surface area contributed by atoms with E-state index in [0.717, 1.165) is 18.6 Å². The SMILES string of the molecule is CCCC(NC(=O)c1sccc1Br)c1cccc(C(F)(F)F)c1. The van der Waals surface area contributed by atoms with E-state index in [9.17, 15) is 18.0 Å². The van der Waals surface area contributed by atoms with Crippen molar-refractivity contribution in [2.75, 3.05) is 0 Å². The van der Waals surface area contributed by atoms with Crippen LogP contribution in [0.4, 0.5) is 13.2 Å². The fourth-order valence-corrected chi connectivity index (χ4v) is 3.68. The van der Waals surface area contributed by atoms with Gasteiger partial charge in [0.2, 0.25) is 0 Å². The second kappa shape index (κ2) is 7.49. The van der Waals surface area contributed by atoms with Crippen LogP contribution in [0.3, 0.4) is 0 Å². The Morgan fingerprint density at radius 2 is 2.09 bits per heavy atom. The summed E-state index contributed by atoms with van der Waals surface area (Å²) < 4.78 is 39.3. The number of benzene rings is 1. The smallest absolute Gasteiger partial charge is 0.345 e. The number of carbonyl (C=O) groups excluding carboxylic acids is 1. The Hall–Kier alpha value is -1.34. The Balaban J connectivity index is 2.25. The van der Waals surface area contributed by atoms with E-state index in [2.05, 4.69) is 21.2 Å². The van der Waals surface area contributed by atoms with Gasteiger partial charge in [0, 0.05) is 4.47 Å². The highest BCUT2D eigenvalue weighted by molar-refractivity contribution is 9.10. The minimum Gasteiger partial charge on any atom is -0.345 e. The maximum atomic E-state index is 12.9. The molecule has 2 aromatic rings. The van der Waals surface area contributed by atoms with Gasteiger partial charge in [-0.25, -0.2) is 0 Å². The minimum atomic E-state index is -4.40. The largest absolute Gasteiger partial charge is 0.416 e. The van der Waals surface area contributed by atoms with Crippen LogP contribution in [0, 0.1) is 0 Å². The first-order valence-corrected chi connectivity index (χ1v) is 8.71. The lowest BCUT2D eigenvalue weighted by atomic mass is 10.00. The fraction of sp³-hybridized carbons (Fsp3) is 0.312. The molecule has 1 unspecified atom stereocenters. The van der Waals surface area contributed by atoms with E-state index in [1.807, 2.05) is 6.92 Å². The number of hydrogen-bond acceptors (Lipinski definition) is 2. The zero-order valence-corrected chi connectivity index (χ0v) is 14.7. The predicted molar refractivity (Wildman–Crippen MR) is 88.6 cm³/mol. The molecule has 1 atom stereocenters. The Bertz CT molecular complexity index is 684. The van der Waals surface area contributed by atoms with Gasteiger partial charge in [0.15, 0.2) is 0 Å². The van der Waals surface area contributed by atoms with Crippen molar-refractivity contribution >= 4 is 33.2 Å². The standard InChI is InChI=1S/C16H15BrF3NOS/c1-2-4-13(21-15(22)14-12(17)7-8-23-14)10-5-3-6-11(9-10)16(18,19)20/h3,5-9,13H,2,4H2,1H3,(H,21,22). The van der Waals surface area contributed by atoms with Gasteiger partial charge >= 0.3 is 6.18 Å². The van der Waals surface area contributed by atoms with Crippen LogP contribution < -0.4 is 5.32 Å². The summed E-state index contributed by atoms with van der Waals surface area (Å²) in [6, 6.07) is 6.42. The summed E-state index contributed by atoms with van der Waals surface area (Å²) in [6.45, 7) is 1.92. The summed E-state index contributed by atoms with van der Waals surface area (Å²) in [5.74, 6) is -0.289. The van der Waals surface area contributed by atoms with Crippen LogP contribution in [0.5, 0.6) is 0 Å². The molecule has 2 nitrogen and oxygen atoms in total. The first kappa shape index (κ1) is 18.0. The third-order valence-electron chi connectivity index (χ3n) is 3.32. The third kappa shape index (κ3) is 4.57. The molecule has 0 aliphatic heterocycles. The van der Waals surface area contributed by atoms with Crippen molar-refractivity contribution in [2.45, 2.75) is 32.0 Å². The minimum absolute atomic E-state index is 0.289. The second-order valence-electron chi connectivity index (χ2n) is 5.04. The van der Waals surface area contributed by atoms with Crippen LogP contribution in [0.1, 0.15) is 46.6 Å². The van der Waals surface area contributed by atoms with Crippen molar-refractivity contribution in [3.05, 3.63) is 56.2 Å². The van der Waals surface area contributed by atoms with E-state index in [4.69, 9.17) is 0 Å².